The van der Waals surface area contributed by atoms with Crippen LogP contribution in [0.1, 0.15) is 38.2 Å². The highest BCUT2D eigenvalue weighted by Crippen LogP contribution is 2.19. The van der Waals surface area contributed by atoms with E-state index in [-0.39, 0.29) is 36.8 Å². The highest BCUT2D eigenvalue weighted by molar-refractivity contribution is 5.88. The molecule has 1 fully saturated rings. The van der Waals surface area contributed by atoms with Crippen molar-refractivity contribution >= 4 is 11.8 Å². The molecule has 1 aliphatic carbocycles. The molecule has 1 saturated carbocycles. The van der Waals surface area contributed by atoms with E-state index in [0.29, 0.717) is 11.5 Å². The number of hydrogen-bond acceptors (Lipinski definition) is 4. The van der Waals surface area contributed by atoms with E-state index >= 15 is 0 Å². The van der Waals surface area contributed by atoms with Gasteiger partial charge in [-0.15, -0.1) is 0 Å². The summed E-state index contributed by atoms with van der Waals surface area (Å²) >= 11 is 0. The number of hydrogen-bond donors (Lipinski definition) is 1. The molecule has 166 valence electrons. The molecule has 7 heteroatoms. The smallest absolute Gasteiger partial charge is 0.261 e. The van der Waals surface area contributed by atoms with Gasteiger partial charge in [-0.1, -0.05) is 25.0 Å². The van der Waals surface area contributed by atoms with Crippen LogP contribution >= 0.6 is 0 Å². The molecule has 2 aromatic carbocycles. The van der Waals surface area contributed by atoms with Crippen LogP contribution in [0.2, 0.25) is 0 Å². The Morgan fingerprint density at radius 1 is 1.06 bits per heavy atom. The minimum absolute atomic E-state index is 0.170. The Labute approximate surface area is 182 Å². The first-order chi connectivity index (χ1) is 15.0. The Morgan fingerprint density at radius 3 is 2.29 bits per heavy atom. The molecule has 1 aliphatic rings. The summed E-state index contributed by atoms with van der Waals surface area (Å²) in [5.41, 5.74) is 0.872. The van der Waals surface area contributed by atoms with Gasteiger partial charge >= 0.3 is 0 Å². The summed E-state index contributed by atoms with van der Waals surface area (Å²) in [6.45, 7) is 1.74. The molecule has 0 radical (unpaired) electrons. The Kier molecular flexibility index (Phi) is 7.87. The summed E-state index contributed by atoms with van der Waals surface area (Å²) in [5.74, 6) is 0.234. The van der Waals surface area contributed by atoms with Crippen LogP contribution in [0.15, 0.2) is 48.5 Å². The lowest BCUT2D eigenvalue weighted by Gasteiger charge is -2.29. The van der Waals surface area contributed by atoms with Crippen LogP contribution in [0.3, 0.4) is 0 Å². The van der Waals surface area contributed by atoms with Crippen LogP contribution in [0.4, 0.5) is 4.39 Å². The molecule has 31 heavy (non-hydrogen) atoms. The lowest BCUT2D eigenvalue weighted by Crippen LogP contribution is -2.50. The molecule has 2 aromatic rings. The van der Waals surface area contributed by atoms with E-state index < -0.39 is 6.04 Å². The maximum absolute atomic E-state index is 13.1. The number of carbonyl (C=O) groups is 2. The van der Waals surface area contributed by atoms with Gasteiger partial charge in [0.1, 0.15) is 23.4 Å². The number of nitrogens with one attached hydrogen (secondary N) is 1. The van der Waals surface area contributed by atoms with Gasteiger partial charge in [0.25, 0.3) is 5.91 Å². The summed E-state index contributed by atoms with van der Waals surface area (Å²) < 4.78 is 23.8. The number of carbonyl (C=O) groups excluding carboxylic acids is 2. The molecule has 3 rings (SSSR count). The van der Waals surface area contributed by atoms with Crippen molar-refractivity contribution in [2.24, 2.45) is 0 Å². The molecule has 0 bridgehead atoms. The number of benzene rings is 2. The van der Waals surface area contributed by atoms with E-state index in [2.05, 4.69) is 5.32 Å². The minimum atomic E-state index is -0.660. The average Bonchev–Trinajstić information content (AvgIpc) is 3.30. The molecule has 0 heterocycles. The van der Waals surface area contributed by atoms with Crippen LogP contribution in [-0.4, -0.2) is 42.5 Å². The van der Waals surface area contributed by atoms with Crippen LogP contribution in [0, 0.1) is 5.82 Å². The van der Waals surface area contributed by atoms with Gasteiger partial charge in [-0.2, -0.15) is 0 Å². The Hall–Kier alpha value is -3.09. The summed E-state index contributed by atoms with van der Waals surface area (Å²) in [5, 5.41) is 3.06. The van der Waals surface area contributed by atoms with E-state index in [0.717, 1.165) is 31.2 Å². The molecule has 1 atom stereocenters. The molecule has 2 amide bonds. The van der Waals surface area contributed by atoms with E-state index in [1.54, 1.807) is 14.0 Å². The molecular formula is C24H29FN2O4. The number of nitrogens with zero attached hydrogens (tertiary/aromatic N) is 1. The number of ether oxygens (including phenoxy) is 2. The van der Waals surface area contributed by atoms with Crippen molar-refractivity contribution in [2.45, 2.75) is 51.2 Å². The predicted octanol–water partition coefficient (Wildman–Crippen LogP) is 3.69. The lowest BCUT2D eigenvalue weighted by molar-refractivity contribution is -0.142. The second-order valence-corrected chi connectivity index (χ2v) is 7.78. The lowest BCUT2D eigenvalue weighted by atomic mass is 10.1. The van der Waals surface area contributed by atoms with E-state index in [9.17, 15) is 14.0 Å². The SMILES string of the molecule is COc1ccc(CN(C(=O)COc2ccc(F)cc2)[C@@H](C)C(=O)NC2CCCC2)cc1. The Balaban J connectivity index is 1.70. The van der Waals surface area contributed by atoms with Crippen LogP contribution in [0.5, 0.6) is 11.5 Å². The standard InChI is InChI=1S/C24H29FN2O4/c1-17(24(29)26-20-5-3-4-6-20)27(15-18-7-11-21(30-2)12-8-18)23(28)16-31-22-13-9-19(25)10-14-22/h7-14,17,20H,3-6,15-16H2,1-2H3,(H,26,29)/t17-/m0/s1. The van der Waals surface area contributed by atoms with Gasteiger partial charge in [0.2, 0.25) is 5.91 Å². The van der Waals surface area contributed by atoms with Crippen LogP contribution in [0.25, 0.3) is 0 Å². The van der Waals surface area contributed by atoms with Gasteiger partial charge in [0.15, 0.2) is 6.61 Å². The third-order valence-corrected chi connectivity index (χ3v) is 5.56. The molecule has 0 aliphatic heterocycles. The second kappa shape index (κ2) is 10.8. The van der Waals surface area contributed by atoms with Crippen molar-refractivity contribution in [3.63, 3.8) is 0 Å². The third-order valence-electron chi connectivity index (χ3n) is 5.56. The topological polar surface area (TPSA) is 67.9 Å². The number of methoxy groups -OCH3 is 1. The normalized spacial score (nSPS) is 14.7. The van der Waals surface area contributed by atoms with Gasteiger partial charge in [0.05, 0.1) is 7.11 Å². The van der Waals surface area contributed by atoms with Gasteiger partial charge < -0.3 is 19.7 Å². The number of rotatable bonds is 9. The summed E-state index contributed by atoms with van der Waals surface area (Å²) in [7, 11) is 1.59. The molecule has 6 nitrogen and oxygen atoms in total. The minimum Gasteiger partial charge on any atom is -0.497 e. The van der Waals surface area contributed by atoms with Gasteiger partial charge in [-0.25, -0.2) is 4.39 Å². The van der Waals surface area contributed by atoms with Crippen molar-refractivity contribution in [3.8, 4) is 11.5 Å². The van der Waals surface area contributed by atoms with Gasteiger partial charge in [0, 0.05) is 12.6 Å². The first-order valence-corrected chi connectivity index (χ1v) is 10.6. The van der Waals surface area contributed by atoms with Crippen molar-refractivity contribution < 1.29 is 23.5 Å². The van der Waals surface area contributed by atoms with Crippen LogP contribution in [-0.2, 0) is 16.1 Å². The number of halogens is 1. The second-order valence-electron chi connectivity index (χ2n) is 7.78. The summed E-state index contributed by atoms with van der Waals surface area (Å²) in [6, 6.07) is 12.3. The zero-order valence-corrected chi connectivity index (χ0v) is 18.0. The van der Waals surface area contributed by atoms with Gasteiger partial charge in [-0.05, 0) is 61.7 Å². The van der Waals surface area contributed by atoms with E-state index in [1.165, 1.54) is 29.2 Å². The van der Waals surface area contributed by atoms with Crippen molar-refractivity contribution in [2.75, 3.05) is 13.7 Å². The van der Waals surface area contributed by atoms with Crippen LogP contribution < -0.4 is 14.8 Å². The fourth-order valence-electron chi connectivity index (χ4n) is 3.66. The highest BCUT2D eigenvalue weighted by atomic mass is 19.1. The molecule has 0 aromatic heterocycles. The average molecular weight is 429 g/mol. The summed E-state index contributed by atoms with van der Waals surface area (Å²) in [6.07, 6.45) is 4.16. The Bertz CT molecular complexity index is 864. The van der Waals surface area contributed by atoms with E-state index in [4.69, 9.17) is 9.47 Å². The number of amides is 2. The first kappa shape index (κ1) is 22.6. The molecule has 0 unspecified atom stereocenters. The maximum atomic E-state index is 13.1. The third kappa shape index (κ3) is 6.44. The monoisotopic (exact) mass is 428 g/mol. The fraction of sp³-hybridized carbons (Fsp3) is 0.417. The highest BCUT2D eigenvalue weighted by Gasteiger charge is 2.28. The largest absolute Gasteiger partial charge is 0.497 e. The molecule has 0 spiro atoms. The summed E-state index contributed by atoms with van der Waals surface area (Å²) in [4.78, 5) is 27.4. The fourth-order valence-corrected chi connectivity index (χ4v) is 3.66. The zero-order valence-electron chi connectivity index (χ0n) is 18.0. The van der Waals surface area contributed by atoms with Gasteiger partial charge in [-0.3, -0.25) is 9.59 Å². The maximum Gasteiger partial charge on any atom is 0.261 e. The van der Waals surface area contributed by atoms with E-state index in [1.807, 2.05) is 24.3 Å². The first-order valence-electron chi connectivity index (χ1n) is 10.6. The quantitative estimate of drug-likeness (QED) is 0.662. The zero-order chi connectivity index (χ0) is 22.2. The molecule has 0 saturated heterocycles. The van der Waals surface area contributed by atoms with Crippen molar-refractivity contribution in [1.29, 1.82) is 0 Å². The van der Waals surface area contributed by atoms with Crippen molar-refractivity contribution in [3.05, 3.63) is 59.9 Å². The Morgan fingerprint density at radius 2 is 1.68 bits per heavy atom. The predicted molar refractivity (Wildman–Crippen MR) is 115 cm³/mol. The molecule has 1 N–H and O–H groups in total. The molecular weight excluding hydrogens is 399 g/mol. The van der Waals surface area contributed by atoms with Crippen molar-refractivity contribution in [1.82, 2.24) is 10.2 Å².